The standard InChI is InChI=1S/C13H5Cl5O/c14-7-4-10(16)12(11(17)5-7)8-2-1-6(13(18)19)3-9(8)15/h1-5H. The van der Waals surface area contributed by atoms with Crippen molar-refractivity contribution in [3.8, 4) is 11.1 Å². The fourth-order valence-electron chi connectivity index (χ4n) is 1.64. The molecule has 0 bridgehead atoms. The van der Waals surface area contributed by atoms with Crippen LogP contribution in [0.4, 0.5) is 0 Å². The van der Waals surface area contributed by atoms with Crippen LogP contribution >= 0.6 is 58.0 Å². The molecule has 0 aliphatic rings. The fourth-order valence-corrected chi connectivity index (χ4v) is 3.05. The second-order valence-corrected chi connectivity index (χ2v) is 5.71. The predicted octanol–water partition coefficient (Wildman–Crippen LogP) is 6.35. The van der Waals surface area contributed by atoms with Gasteiger partial charge in [0.2, 0.25) is 0 Å². The molecule has 0 N–H and O–H groups in total. The molecule has 0 spiro atoms. The van der Waals surface area contributed by atoms with Crippen molar-refractivity contribution in [2.24, 2.45) is 0 Å². The van der Waals surface area contributed by atoms with Gasteiger partial charge in [0, 0.05) is 26.7 Å². The summed E-state index contributed by atoms with van der Waals surface area (Å²) in [6, 6.07) is 7.80. The van der Waals surface area contributed by atoms with Gasteiger partial charge in [-0.1, -0.05) is 52.5 Å². The minimum absolute atomic E-state index is 0.302. The smallest absolute Gasteiger partial charge is 0.252 e. The largest absolute Gasteiger partial charge is 0.276 e. The van der Waals surface area contributed by atoms with Gasteiger partial charge in [0.05, 0.1) is 10.0 Å². The van der Waals surface area contributed by atoms with E-state index in [0.29, 0.717) is 36.8 Å². The van der Waals surface area contributed by atoms with Crippen LogP contribution in [0.15, 0.2) is 30.3 Å². The Kier molecular flexibility index (Phi) is 4.65. The highest BCUT2D eigenvalue weighted by atomic mass is 35.5. The Balaban J connectivity index is 2.63. The number of halogens is 5. The fraction of sp³-hybridized carbons (Fsp3) is 0. The lowest BCUT2D eigenvalue weighted by Gasteiger charge is -2.10. The maximum atomic E-state index is 11.1. The van der Waals surface area contributed by atoms with Gasteiger partial charge in [-0.3, -0.25) is 4.79 Å². The zero-order valence-corrected chi connectivity index (χ0v) is 13.0. The summed E-state index contributed by atoms with van der Waals surface area (Å²) in [4.78, 5) is 11.1. The maximum Gasteiger partial charge on any atom is 0.252 e. The van der Waals surface area contributed by atoms with Crippen LogP contribution in [0.2, 0.25) is 20.1 Å². The van der Waals surface area contributed by atoms with Crippen molar-refractivity contribution in [3.63, 3.8) is 0 Å². The Bertz CT molecular complexity index is 643. The molecule has 19 heavy (non-hydrogen) atoms. The van der Waals surface area contributed by atoms with E-state index < -0.39 is 5.24 Å². The molecule has 1 nitrogen and oxygen atoms in total. The predicted molar refractivity (Wildman–Crippen MR) is 82.1 cm³/mol. The van der Waals surface area contributed by atoms with Gasteiger partial charge in [0.1, 0.15) is 0 Å². The third kappa shape index (κ3) is 3.18. The van der Waals surface area contributed by atoms with Crippen LogP contribution < -0.4 is 0 Å². The number of carbonyl (C=O) groups excluding carboxylic acids is 1. The molecule has 0 fully saturated rings. The van der Waals surface area contributed by atoms with E-state index in [1.165, 1.54) is 6.07 Å². The summed E-state index contributed by atoms with van der Waals surface area (Å²) in [5, 5.41) is 0.940. The molecule has 0 saturated heterocycles. The summed E-state index contributed by atoms with van der Waals surface area (Å²) >= 11 is 29.6. The van der Waals surface area contributed by atoms with Crippen molar-refractivity contribution in [2.45, 2.75) is 0 Å². The zero-order valence-electron chi connectivity index (χ0n) is 9.18. The lowest BCUT2D eigenvalue weighted by atomic mass is 10.0. The van der Waals surface area contributed by atoms with Gasteiger partial charge >= 0.3 is 0 Å². The van der Waals surface area contributed by atoms with Crippen molar-refractivity contribution >= 4 is 63.2 Å². The molecule has 0 aliphatic heterocycles. The molecular formula is C13H5Cl5O. The molecule has 0 unspecified atom stereocenters. The second-order valence-electron chi connectivity index (χ2n) is 3.71. The van der Waals surface area contributed by atoms with Crippen LogP contribution in [0, 0.1) is 0 Å². The third-order valence-electron chi connectivity index (χ3n) is 2.47. The summed E-state index contributed by atoms with van der Waals surface area (Å²) < 4.78 is 0. The van der Waals surface area contributed by atoms with Gasteiger partial charge in [-0.25, -0.2) is 0 Å². The Morgan fingerprint density at radius 1 is 0.842 bits per heavy atom. The average Bonchev–Trinajstić information content (AvgIpc) is 2.29. The van der Waals surface area contributed by atoms with Crippen LogP contribution in [0.1, 0.15) is 10.4 Å². The Hall–Kier alpha value is -0.440. The van der Waals surface area contributed by atoms with Gasteiger partial charge in [-0.2, -0.15) is 0 Å². The van der Waals surface area contributed by atoms with E-state index in [-0.39, 0.29) is 0 Å². The summed E-state index contributed by atoms with van der Waals surface area (Å²) in [7, 11) is 0. The van der Waals surface area contributed by atoms with Crippen molar-refractivity contribution in [1.29, 1.82) is 0 Å². The van der Waals surface area contributed by atoms with Crippen molar-refractivity contribution in [1.82, 2.24) is 0 Å². The van der Waals surface area contributed by atoms with E-state index >= 15 is 0 Å². The van der Waals surface area contributed by atoms with Crippen LogP contribution in [0.3, 0.4) is 0 Å². The average molecular weight is 354 g/mol. The molecule has 0 atom stereocenters. The minimum atomic E-state index is -0.582. The Labute approximate surface area is 135 Å². The summed E-state index contributed by atoms with van der Waals surface area (Å²) in [6.07, 6.45) is 0. The second kappa shape index (κ2) is 5.90. The molecule has 2 aromatic rings. The first-order valence-corrected chi connectivity index (χ1v) is 6.93. The minimum Gasteiger partial charge on any atom is -0.276 e. The molecule has 2 aromatic carbocycles. The number of hydrogen-bond acceptors (Lipinski definition) is 1. The molecule has 0 saturated carbocycles. The SMILES string of the molecule is O=C(Cl)c1ccc(-c2c(Cl)cc(Cl)cc2Cl)c(Cl)c1. The quantitative estimate of drug-likeness (QED) is 0.575. The van der Waals surface area contributed by atoms with Crippen LogP contribution in [-0.4, -0.2) is 5.24 Å². The highest BCUT2D eigenvalue weighted by Gasteiger charge is 2.14. The maximum absolute atomic E-state index is 11.1. The van der Waals surface area contributed by atoms with E-state index in [4.69, 9.17) is 58.0 Å². The van der Waals surface area contributed by atoms with E-state index in [1.807, 2.05) is 0 Å². The monoisotopic (exact) mass is 352 g/mol. The molecule has 6 heteroatoms. The third-order valence-corrected chi connectivity index (χ3v) is 3.82. The summed E-state index contributed by atoms with van der Waals surface area (Å²) in [5.41, 5.74) is 1.47. The number of benzene rings is 2. The Morgan fingerprint density at radius 3 is 1.89 bits per heavy atom. The molecule has 2 rings (SSSR count). The highest BCUT2D eigenvalue weighted by Crippen LogP contribution is 2.40. The lowest BCUT2D eigenvalue weighted by molar-refractivity contribution is 0.108. The highest BCUT2D eigenvalue weighted by molar-refractivity contribution is 6.67. The molecular weight excluding hydrogens is 349 g/mol. The molecule has 0 amide bonds. The zero-order chi connectivity index (χ0) is 14.2. The topological polar surface area (TPSA) is 17.1 Å². The van der Waals surface area contributed by atoms with Gasteiger partial charge in [-0.05, 0) is 35.9 Å². The molecule has 0 aromatic heterocycles. The van der Waals surface area contributed by atoms with E-state index in [1.54, 1.807) is 24.3 Å². The van der Waals surface area contributed by atoms with Crippen molar-refractivity contribution in [2.75, 3.05) is 0 Å². The first-order valence-electron chi connectivity index (χ1n) is 5.04. The number of rotatable bonds is 2. The number of carbonyl (C=O) groups is 1. The van der Waals surface area contributed by atoms with Gasteiger partial charge < -0.3 is 0 Å². The lowest BCUT2D eigenvalue weighted by Crippen LogP contribution is -1.90. The van der Waals surface area contributed by atoms with E-state index in [9.17, 15) is 4.79 Å². The van der Waals surface area contributed by atoms with Crippen molar-refractivity contribution < 1.29 is 4.79 Å². The van der Waals surface area contributed by atoms with E-state index in [2.05, 4.69) is 0 Å². The number of hydrogen-bond donors (Lipinski definition) is 0. The molecule has 98 valence electrons. The summed E-state index contributed by atoms with van der Waals surface area (Å²) in [5.74, 6) is 0. The van der Waals surface area contributed by atoms with Gasteiger partial charge in [-0.15, -0.1) is 0 Å². The van der Waals surface area contributed by atoms with Gasteiger partial charge in [0.15, 0.2) is 0 Å². The van der Waals surface area contributed by atoms with Crippen molar-refractivity contribution in [3.05, 3.63) is 56.0 Å². The van der Waals surface area contributed by atoms with Crippen LogP contribution in [-0.2, 0) is 0 Å². The molecule has 0 heterocycles. The Morgan fingerprint density at radius 2 is 1.42 bits per heavy atom. The summed E-state index contributed by atoms with van der Waals surface area (Å²) in [6.45, 7) is 0. The molecule has 0 radical (unpaired) electrons. The normalized spacial score (nSPS) is 10.6. The van der Waals surface area contributed by atoms with E-state index in [0.717, 1.165) is 0 Å². The first kappa shape index (κ1) is 15.0. The van der Waals surface area contributed by atoms with Gasteiger partial charge in [0.25, 0.3) is 5.24 Å². The van der Waals surface area contributed by atoms with Crippen LogP contribution in [0.25, 0.3) is 11.1 Å². The molecule has 0 aliphatic carbocycles. The van der Waals surface area contributed by atoms with Crippen LogP contribution in [0.5, 0.6) is 0 Å². The first-order chi connectivity index (χ1) is 8.90.